The van der Waals surface area contributed by atoms with Gasteiger partial charge in [0, 0.05) is 10.1 Å². The van der Waals surface area contributed by atoms with Gasteiger partial charge in [-0.3, -0.25) is 5.73 Å². The molecule has 0 spiro atoms. The van der Waals surface area contributed by atoms with Gasteiger partial charge in [0.2, 0.25) is 0 Å². The summed E-state index contributed by atoms with van der Waals surface area (Å²) in [6.07, 6.45) is 5.49. The van der Waals surface area contributed by atoms with Crippen molar-refractivity contribution in [3.05, 3.63) is 5.56 Å². The Kier molecular flexibility index (Phi) is 3.67. The molecule has 0 bridgehead atoms. The molecule has 3 atom stereocenters. The van der Waals surface area contributed by atoms with E-state index in [9.17, 15) is 5.26 Å². The molecule has 1 aliphatic heterocycles. The highest BCUT2D eigenvalue weighted by Gasteiger charge is 2.46. The molecule has 1 saturated carbocycles. The SMILES string of the molecule is CSc1nc(N)[n+]2c(c1C#N)SC1CCCC(Br)C12. The van der Waals surface area contributed by atoms with Crippen molar-refractivity contribution >= 4 is 45.4 Å². The molecular weight excluding hydrogens is 344 g/mol. The molecule has 1 aromatic heterocycles. The van der Waals surface area contributed by atoms with E-state index in [0.29, 0.717) is 27.6 Å². The number of alkyl halides is 1. The number of hydrogen-bond donors (Lipinski definition) is 1. The molecule has 3 rings (SSSR count). The first-order valence-electron chi connectivity index (χ1n) is 6.17. The topological polar surface area (TPSA) is 66.6 Å². The first kappa shape index (κ1) is 13.5. The van der Waals surface area contributed by atoms with Crippen LogP contribution in [0.2, 0.25) is 0 Å². The van der Waals surface area contributed by atoms with Crippen molar-refractivity contribution in [3.8, 4) is 6.07 Å². The highest BCUT2D eigenvalue weighted by atomic mass is 79.9. The lowest BCUT2D eigenvalue weighted by Gasteiger charge is -2.27. The van der Waals surface area contributed by atoms with Crippen LogP contribution in [0.25, 0.3) is 0 Å². The maximum atomic E-state index is 9.42. The summed E-state index contributed by atoms with van der Waals surface area (Å²) in [5.41, 5.74) is 6.82. The maximum absolute atomic E-state index is 9.42. The summed E-state index contributed by atoms with van der Waals surface area (Å²) >= 11 is 7.05. The van der Waals surface area contributed by atoms with Gasteiger partial charge < -0.3 is 0 Å². The summed E-state index contributed by atoms with van der Waals surface area (Å²) in [6.45, 7) is 0. The van der Waals surface area contributed by atoms with Crippen molar-refractivity contribution in [2.24, 2.45) is 0 Å². The molecule has 1 aliphatic carbocycles. The van der Waals surface area contributed by atoms with Crippen LogP contribution in [0.5, 0.6) is 0 Å². The highest BCUT2D eigenvalue weighted by molar-refractivity contribution is 9.09. The number of aromatic nitrogens is 2. The lowest BCUT2D eigenvalue weighted by molar-refractivity contribution is -0.740. The molecule has 2 aliphatic rings. The Morgan fingerprint density at radius 2 is 2.37 bits per heavy atom. The maximum Gasteiger partial charge on any atom is 0.391 e. The second-order valence-corrected chi connectivity index (χ2v) is 7.93. The second kappa shape index (κ2) is 5.15. The molecule has 0 saturated heterocycles. The summed E-state index contributed by atoms with van der Waals surface area (Å²) in [6, 6.07) is 2.63. The first-order chi connectivity index (χ1) is 9.17. The minimum atomic E-state index is 0.323. The Hall–Kier alpha value is -0.450. The summed E-state index contributed by atoms with van der Waals surface area (Å²) in [7, 11) is 0. The van der Waals surface area contributed by atoms with Gasteiger partial charge in [-0.2, -0.15) is 5.26 Å². The number of nitriles is 1. The number of nitrogens with two attached hydrogens (primary N) is 1. The average molecular weight is 358 g/mol. The van der Waals surface area contributed by atoms with Crippen LogP contribution in [-0.4, -0.2) is 21.3 Å². The standard InChI is InChI=1S/C12H13BrN4S2/c1-18-10-6(5-14)11-17(12(15)16-10)9-7(13)3-2-4-8(9)19-11/h7-9,15H,2-4H2,1H3/p+1. The summed E-state index contributed by atoms with van der Waals surface area (Å²) in [4.78, 5) is 4.82. The molecule has 4 nitrogen and oxygen atoms in total. The van der Waals surface area contributed by atoms with Gasteiger partial charge in [-0.05, 0) is 19.1 Å². The molecule has 2 N–H and O–H groups in total. The van der Waals surface area contributed by atoms with Crippen molar-refractivity contribution in [2.75, 3.05) is 12.0 Å². The molecule has 0 aromatic carbocycles. The zero-order chi connectivity index (χ0) is 13.6. The molecule has 1 fully saturated rings. The molecule has 7 heteroatoms. The van der Waals surface area contributed by atoms with E-state index in [4.69, 9.17) is 5.73 Å². The third kappa shape index (κ3) is 2.05. The van der Waals surface area contributed by atoms with E-state index in [0.717, 1.165) is 16.5 Å². The van der Waals surface area contributed by atoms with Gasteiger partial charge in [-0.25, -0.2) is 4.57 Å². The zero-order valence-corrected chi connectivity index (χ0v) is 13.7. The Morgan fingerprint density at radius 1 is 1.58 bits per heavy atom. The van der Waals surface area contributed by atoms with E-state index in [1.165, 1.54) is 24.6 Å². The predicted molar refractivity (Wildman–Crippen MR) is 80.6 cm³/mol. The monoisotopic (exact) mass is 357 g/mol. The van der Waals surface area contributed by atoms with Crippen LogP contribution in [0.3, 0.4) is 0 Å². The minimum absolute atomic E-state index is 0.323. The van der Waals surface area contributed by atoms with Crippen LogP contribution in [0, 0.1) is 11.3 Å². The fourth-order valence-corrected chi connectivity index (χ4v) is 6.20. The smallest absolute Gasteiger partial charge is 0.287 e. The van der Waals surface area contributed by atoms with Crippen LogP contribution in [0.4, 0.5) is 5.95 Å². The number of halogens is 1. The molecule has 0 radical (unpaired) electrons. The van der Waals surface area contributed by atoms with Gasteiger partial charge in [0.1, 0.15) is 17.7 Å². The van der Waals surface area contributed by atoms with Crippen molar-refractivity contribution in [1.29, 1.82) is 5.26 Å². The van der Waals surface area contributed by atoms with Gasteiger partial charge >= 0.3 is 5.95 Å². The first-order valence-corrected chi connectivity index (χ1v) is 9.19. The Balaban J connectivity index is 2.19. The Bertz CT molecular complexity index is 572. The van der Waals surface area contributed by atoms with Crippen LogP contribution < -0.4 is 10.3 Å². The van der Waals surface area contributed by atoms with E-state index < -0.39 is 0 Å². The fourth-order valence-electron chi connectivity index (χ4n) is 2.87. The molecular formula is C12H14BrN4S2+. The normalized spacial score (nSPS) is 28.6. The Labute approximate surface area is 129 Å². The highest BCUT2D eigenvalue weighted by Crippen LogP contribution is 2.47. The summed E-state index contributed by atoms with van der Waals surface area (Å²) in [5, 5.41) is 11.7. The number of rotatable bonds is 1. The van der Waals surface area contributed by atoms with Crippen molar-refractivity contribution in [1.82, 2.24) is 4.98 Å². The number of thioether (sulfide) groups is 2. The fraction of sp³-hybridized carbons (Fsp3) is 0.583. The van der Waals surface area contributed by atoms with E-state index >= 15 is 0 Å². The van der Waals surface area contributed by atoms with Gasteiger partial charge in [-0.1, -0.05) is 50.9 Å². The van der Waals surface area contributed by atoms with E-state index in [2.05, 4.69) is 31.6 Å². The lowest BCUT2D eigenvalue weighted by atomic mass is 9.94. The number of nitrogen functional groups attached to an aromatic ring is 1. The minimum Gasteiger partial charge on any atom is -0.287 e. The van der Waals surface area contributed by atoms with Crippen LogP contribution in [-0.2, 0) is 0 Å². The van der Waals surface area contributed by atoms with Gasteiger partial charge in [-0.15, -0.1) is 0 Å². The van der Waals surface area contributed by atoms with Crippen LogP contribution >= 0.6 is 39.5 Å². The van der Waals surface area contributed by atoms with Gasteiger partial charge in [0.25, 0.3) is 0 Å². The van der Waals surface area contributed by atoms with E-state index in [1.807, 2.05) is 6.26 Å². The molecule has 3 unspecified atom stereocenters. The quantitative estimate of drug-likeness (QED) is 0.362. The lowest BCUT2D eigenvalue weighted by Crippen LogP contribution is -2.50. The number of nitrogens with zero attached hydrogens (tertiary/aromatic N) is 3. The molecule has 100 valence electrons. The van der Waals surface area contributed by atoms with E-state index in [-0.39, 0.29) is 0 Å². The van der Waals surface area contributed by atoms with Gasteiger partial charge in [0.15, 0.2) is 10.1 Å². The van der Waals surface area contributed by atoms with E-state index in [1.54, 1.807) is 11.8 Å². The molecule has 0 amide bonds. The number of fused-ring (bicyclic) bond motifs is 3. The summed E-state index contributed by atoms with van der Waals surface area (Å²) < 4.78 is 2.08. The van der Waals surface area contributed by atoms with Crippen molar-refractivity contribution in [3.63, 3.8) is 0 Å². The van der Waals surface area contributed by atoms with Gasteiger partial charge in [0.05, 0.1) is 0 Å². The molecule has 2 heterocycles. The van der Waals surface area contributed by atoms with Crippen molar-refractivity contribution < 1.29 is 4.57 Å². The third-order valence-electron chi connectivity index (χ3n) is 3.70. The van der Waals surface area contributed by atoms with Crippen LogP contribution in [0.15, 0.2) is 10.1 Å². The number of anilines is 1. The van der Waals surface area contributed by atoms with Crippen LogP contribution in [0.1, 0.15) is 30.9 Å². The van der Waals surface area contributed by atoms with Crippen molar-refractivity contribution in [2.45, 2.75) is 45.4 Å². The molecule has 1 aromatic rings. The largest absolute Gasteiger partial charge is 0.391 e. The molecule has 19 heavy (non-hydrogen) atoms. The number of hydrogen-bond acceptors (Lipinski definition) is 5. The average Bonchev–Trinajstić information content (AvgIpc) is 2.79. The second-order valence-electron chi connectivity index (χ2n) is 4.74. The third-order valence-corrected chi connectivity index (χ3v) is 6.82. The zero-order valence-electron chi connectivity index (χ0n) is 10.5. The Morgan fingerprint density at radius 3 is 3.05 bits per heavy atom. The predicted octanol–water partition coefficient (Wildman–Crippen LogP) is 2.51. The summed E-state index contributed by atoms with van der Waals surface area (Å²) in [5.74, 6) is 0.532.